The third-order valence-electron chi connectivity index (χ3n) is 2.05. The Morgan fingerprint density at radius 1 is 1.36 bits per heavy atom. The number of aromatic nitrogens is 3. The number of nitrogens with two attached hydrogens (primary N) is 1. The highest BCUT2D eigenvalue weighted by Crippen LogP contribution is 2.16. The van der Waals surface area contributed by atoms with Crippen LogP contribution < -0.4 is 5.73 Å². The minimum absolute atomic E-state index is 0.534. The summed E-state index contributed by atoms with van der Waals surface area (Å²) >= 11 is 0. The maximum absolute atomic E-state index is 5.62. The fourth-order valence-corrected chi connectivity index (χ4v) is 1.40. The molecule has 0 aliphatic rings. The van der Waals surface area contributed by atoms with Crippen LogP contribution in [0.2, 0.25) is 0 Å². The molecule has 0 atom stereocenters. The van der Waals surface area contributed by atoms with Crippen LogP contribution in [0.4, 0.5) is 5.82 Å². The van der Waals surface area contributed by atoms with Crippen molar-refractivity contribution in [2.75, 3.05) is 5.73 Å². The highest BCUT2D eigenvalue weighted by atomic mass is 15.3. The Morgan fingerprint density at radius 2 is 2.21 bits per heavy atom. The molecule has 0 aliphatic heterocycles. The van der Waals surface area contributed by atoms with Crippen molar-refractivity contribution in [2.45, 2.75) is 13.5 Å². The van der Waals surface area contributed by atoms with E-state index in [1.54, 1.807) is 12.3 Å². The fourth-order valence-electron chi connectivity index (χ4n) is 1.40. The molecule has 2 aromatic heterocycles. The van der Waals surface area contributed by atoms with Gasteiger partial charge in [0.2, 0.25) is 0 Å². The van der Waals surface area contributed by atoms with Crippen molar-refractivity contribution in [1.82, 2.24) is 14.8 Å². The number of pyridine rings is 1. The van der Waals surface area contributed by atoms with Gasteiger partial charge in [-0.3, -0.25) is 4.68 Å². The van der Waals surface area contributed by atoms with E-state index in [2.05, 4.69) is 10.1 Å². The molecule has 0 radical (unpaired) electrons. The Bertz CT molecular complexity index is 433. The summed E-state index contributed by atoms with van der Waals surface area (Å²) in [7, 11) is 0. The van der Waals surface area contributed by atoms with Crippen molar-refractivity contribution in [1.29, 1.82) is 0 Å². The molecular formula is C10H12N4. The number of anilines is 1. The summed E-state index contributed by atoms with van der Waals surface area (Å²) in [6.07, 6.45) is 1.77. The lowest BCUT2D eigenvalue weighted by molar-refractivity contribution is 0.666. The predicted octanol–water partition coefficient (Wildman–Crippen LogP) is 1.55. The molecule has 2 rings (SSSR count). The summed E-state index contributed by atoms with van der Waals surface area (Å²) in [6, 6.07) is 7.53. The lowest BCUT2D eigenvalue weighted by Crippen LogP contribution is -2.00. The Kier molecular flexibility index (Phi) is 2.18. The van der Waals surface area contributed by atoms with Gasteiger partial charge in [0.05, 0.1) is 11.4 Å². The van der Waals surface area contributed by atoms with Gasteiger partial charge in [-0.15, -0.1) is 0 Å². The smallest absolute Gasteiger partial charge is 0.124 e. The standard InChI is InChI=1S/C10H12N4/c1-2-14-9(6-7-12-14)8-4-3-5-10(11)13-8/h3-7H,2H2,1H3,(H2,11,13). The van der Waals surface area contributed by atoms with E-state index < -0.39 is 0 Å². The van der Waals surface area contributed by atoms with E-state index >= 15 is 0 Å². The Labute approximate surface area is 82.4 Å². The molecule has 4 heteroatoms. The summed E-state index contributed by atoms with van der Waals surface area (Å²) in [5.74, 6) is 0.534. The summed E-state index contributed by atoms with van der Waals surface area (Å²) < 4.78 is 1.89. The first-order valence-electron chi connectivity index (χ1n) is 4.56. The van der Waals surface area contributed by atoms with Gasteiger partial charge in [0.15, 0.2) is 0 Å². The zero-order chi connectivity index (χ0) is 9.97. The number of hydrogen-bond donors (Lipinski definition) is 1. The SMILES string of the molecule is CCn1nccc1-c1cccc(N)n1. The minimum atomic E-state index is 0.534. The van der Waals surface area contributed by atoms with Gasteiger partial charge in [-0.2, -0.15) is 5.10 Å². The third-order valence-corrected chi connectivity index (χ3v) is 2.05. The Balaban J connectivity index is 2.49. The van der Waals surface area contributed by atoms with E-state index in [4.69, 9.17) is 5.73 Å². The second kappa shape index (κ2) is 3.49. The molecule has 0 amide bonds. The summed E-state index contributed by atoms with van der Waals surface area (Å²) in [5, 5.41) is 4.18. The average Bonchev–Trinajstić information content (AvgIpc) is 2.65. The molecular weight excluding hydrogens is 176 g/mol. The molecule has 0 fully saturated rings. The van der Waals surface area contributed by atoms with Crippen molar-refractivity contribution >= 4 is 5.82 Å². The predicted molar refractivity (Wildman–Crippen MR) is 55.5 cm³/mol. The molecule has 0 spiro atoms. The molecule has 0 saturated carbocycles. The minimum Gasteiger partial charge on any atom is -0.384 e. The monoisotopic (exact) mass is 188 g/mol. The molecule has 0 saturated heterocycles. The van der Waals surface area contributed by atoms with E-state index in [1.807, 2.05) is 29.8 Å². The highest BCUT2D eigenvalue weighted by Gasteiger charge is 2.04. The lowest BCUT2D eigenvalue weighted by Gasteiger charge is -2.03. The number of nitrogen functional groups attached to an aromatic ring is 1. The number of hydrogen-bond acceptors (Lipinski definition) is 3. The first kappa shape index (κ1) is 8.74. The van der Waals surface area contributed by atoms with Gasteiger partial charge in [0.1, 0.15) is 5.82 Å². The van der Waals surface area contributed by atoms with Crippen LogP contribution in [0, 0.1) is 0 Å². The zero-order valence-corrected chi connectivity index (χ0v) is 8.01. The van der Waals surface area contributed by atoms with Crippen molar-refractivity contribution in [3.05, 3.63) is 30.5 Å². The van der Waals surface area contributed by atoms with Crippen molar-refractivity contribution in [3.8, 4) is 11.4 Å². The molecule has 0 aromatic carbocycles. The number of nitrogens with zero attached hydrogens (tertiary/aromatic N) is 3. The number of aryl methyl sites for hydroxylation is 1. The van der Waals surface area contributed by atoms with Crippen LogP contribution in [-0.2, 0) is 6.54 Å². The van der Waals surface area contributed by atoms with Gasteiger partial charge in [-0.05, 0) is 25.1 Å². The van der Waals surface area contributed by atoms with Gasteiger partial charge in [-0.1, -0.05) is 6.07 Å². The lowest BCUT2D eigenvalue weighted by atomic mass is 10.2. The van der Waals surface area contributed by atoms with Gasteiger partial charge in [0, 0.05) is 12.7 Å². The first-order chi connectivity index (χ1) is 6.81. The summed E-state index contributed by atoms with van der Waals surface area (Å²) in [6.45, 7) is 2.88. The molecule has 0 bridgehead atoms. The normalized spacial score (nSPS) is 10.4. The van der Waals surface area contributed by atoms with E-state index in [0.717, 1.165) is 17.9 Å². The summed E-state index contributed by atoms with van der Waals surface area (Å²) in [4.78, 5) is 4.24. The van der Waals surface area contributed by atoms with Crippen molar-refractivity contribution in [3.63, 3.8) is 0 Å². The van der Waals surface area contributed by atoms with Crippen LogP contribution in [0.15, 0.2) is 30.5 Å². The Hall–Kier alpha value is -1.84. The quantitative estimate of drug-likeness (QED) is 0.777. The molecule has 2 N–H and O–H groups in total. The van der Waals surface area contributed by atoms with E-state index in [1.165, 1.54) is 0 Å². The van der Waals surface area contributed by atoms with Crippen molar-refractivity contribution < 1.29 is 0 Å². The van der Waals surface area contributed by atoms with Gasteiger partial charge in [0.25, 0.3) is 0 Å². The van der Waals surface area contributed by atoms with E-state index in [0.29, 0.717) is 5.82 Å². The molecule has 2 heterocycles. The molecule has 0 aliphatic carbocycles. The first-order valence-corrected chi connectivity index (χ1v) is 4.56. The van der Waals surface area contributed by atoms with Crippen LogP contribution in [0.1, 0.15) is 6.92 Å². The van der Waals surface area contributed by atoms with E-state index in [9.17, 15) is 0 Å². The maximum Gasteiger partial charge on any atom is 0.124 e. The average molecular weight is 188 g/mol. The van der Waals surface area contributed by atoms with Crippen LogP contribution in [0.5, 0.6) is 0 Å². The Morgan fingerprint density at radius 3 is 2.93 bits per heavy atom. The third kappa shape index (κ3) is 1.46. The summed E-state index contributed by atoms with van der Waals surface area (Å²) in [5.41, 5.74) is 7.48. The second-order valence-corrected chi connectivity index (χ2v) is 2.98. The highest BCUT2D eigenvalue weighted by molar-refractivity contribution is 5.56. The topological polar surface area (TPSA) is 56.7 Å². The van der Waals surface area contributed by atoms with Gasteiger partial charge >= 0.3 is 0 Å². The fraction of sp³-hybridized carbons (Fsp3) is 0.200. The number of rotatable bonds is 2. The zero-order valence-electron chi connectivity index (χ0n) is 8.01. The van der Waals surface area contributed by atoms with Gasteiger partial charge < -0.3 is 5.73 Å². The molecule has 72 valence electrons. The maximum atomic E-state index is 5.62. The molecule has 4 nitrogen and oxygen atoms in total. The van der Waals surface area contributed by atoms with E-state index in [-0.39, 0.29) is 0 Å². The van der Waals surface area contributed by atoms with Crippen LogP contribution in [-0.4, -0.2) is 14.8 Å². The van der Waals surface area contributed by atoms with Crippen LogP contribution in [0.3, 0.4) is 0 Å². The molecule has 0 unspecified atom stereocenters. The van der Waals surface area contributed by atoms with Crippen LogP contribution in [0.25, 0.3) is 11.4 Å². The van der Waals surface area contributed by atoms with Crippen LogP contribution >= 0.6 is 0 Å². The molecule has 2 aromatic rings. The molecule has 14 heavy (non-hydrogen) atoms. The second-order valence-electron chi connectivity index (χ2n) is 2.98. The largest absolute Gasteiger partial charge is 0.384 e. The van der Waals surface area contributed by atoms with Crippen molar-refractivity contribution in [2.24, 2.45) is 0 Å². The van der Waals surface area contributed by atoms with Gasteiger partial charge in [-0.25, -0.2) is 4.98 Å².